The van der Waals surface area contributed by atoms with E-state index in [1.165, 1.54) is 18.5 Å². The fraction of sp³-hybridized carbons (Fsp3) is 0. The lowest BCUT2D eigenvalue weighted by Gasteiger charge is -2.04. The van der Waals surface area contributed by atoms with Crippen LogP contribution >= 0.6 is 0 Å². The number of nitrogens with zero attached hydrogens (tertiary/aromatic N) is 3. The first-order valence-corrected chi connectivity index (χ1v) is 5.58. The smallest absolute Gasteiger partial charge is 0.332 e. The number of hydrazone groups is 1. The number of nitrogens with two attached hydrogens (primary N) is 1. The zero-order valence-electron chi connectivity index (χ0n) is 10.3. The van der Waals surface area contributed by atoms with E-state index in [9.17, 15) is 14.9 Å². The number of hydrogen-bond acceptors (Lipinski definition) is 4. The largest absolute Gasteiger partial charge is 0.350 e. The first-order chi connectivity index (χ1) is 9.58. The molecule has 0 aliphatic heterocycles. The lowest BCUT2D eigenvalue weighted by atomic mass is 10.3. The predicted molar refractivity (Wildman–Crippen MR) is 72.7 cm³/mol. The number of primary amides is 1. The summed E-state index contributed by atoms with van der Waals surface area (Å²) >= 11 is 0. The Morgan fingerprint density at radius 2 is 2.10 bits per heavy atom. The summed E-state index contributed by atoms with van der Waals surface area (Å²) in [5.41, 5.74) is 8.02. The number of benzene rings is 1. The van der Waals surface area contributed by atoms with Crippen LogP contribution < -0.4 is 11.2 Å². The van der Waals surface area contributed by atoms with Gasteiger partial charge in [0.2, 0.25) is 0 Å². The first-order valence-electron chi connectivity index (χ1n) is 5.58. The molecule has 8 nitrogen and oxygen atoms in total. The minimum absolute atomic E-state index is 0.0746. The molecule has 0 saturated carbocycles. The van der Waals surface area contributed by atoms with E-state index < -0.39 is 11.0 Å². The van der Waals surface area contributed by atoms with Gasteiger partial charge in [0.1, 0.15) is 0 Å². The van der Waals surface area contributed by atoms with Gasteiger partial charge >= 0.3 is 6.03 Å². The van der Waals surface area contributed by atoms with Crippen LogP contribution in [0.15, 0.2) is 47.7 Å². The quantitative estimate of drug-likeness (QED) is 0.498. The van der Waals surface area contributed by atoms with Crippen molar-refractivity contribution in [3.63, 3.8) is 0 Å². The fourth-order valence-corrected chi connectivity index (χ4v) is 1.64. The average molecular weight is 273 g/mol. The molecule has 0 bridgehead atoms. The zero-order chi connectivity index (χ0) is 14.5. The van der Waals surface area contributed by atoms with Crippen molar-refractivity contribution >= 4 is 17.9 Å². The van der Waals surface area contributed by atoms with Gasteiger partial charge in [0.25, 0.3) is 5.69 Å². The van der Waals surface area contributed by atoms with Gasteiger partial charge in [0, 0.05) is 11.8 Å². The third-order valence-corrected chi connectivity index (χ3v) is 2.45. The molecule has 3 N–H and O–H groups in total. The summed E-state index contributed by atoms with van der Waals surface area (Å²) in [6.07, 6.45) is 2.66. The number of para-hydroxylation sites is 1. The SMILES string of the molecule is NC(=O)N/N=C/c1cc([N+](=O)[O-])cn1-c1ccccc1. The van der Waals surface area contributed by atoms with Gasteiger partial charge in [-0.1, -0.05) is 18.2 Å². The standard InChI is InChI=1S/C12H11N5O3/c13-12(18)15-14-7-10-6-11(17(19)20)8-16(10)9-4-2-1-3-5-9/h1-8H,(H3,13,15,18)/b14-7+. The number of carbonyl (C=O) groups is 1. The maximum Gasteiger partial charge on any atom is 0.332 e. The van der Waals surface area contributed by atoms with Gasteiger partial charge in [-0.15, -0.1) is 0 Å². The molecule has 0 saturated heterocycles. The molecule has 20 heavy (non-hydrogen) atoms. The molecule has 0 atom stereocenters. The van der Waals surface area contributed by atoms with Crippen molar-refractivity contribution in [1.82, 2.24) is 9.99 Å². The summed E-state index contributed by atoms with van der Waals surface area (Å²) in [4.78, 5) is 20.9. The molecule has 0 aliphatic rings. The molecule has 0 radical (unpaired) electrons. The van der Waals surface area contributed by atoms with Crippen LogP contribution in [0.5, 0.6) is 0 Å². The van der Waals surface area contributed by atoms with Crippen LogP contribution in [-0.2, 0) is 0 Å². The molecule has 1 aromatic heterocycles. The monoisotopic (exact) mass is 273 g/mol. The minimum atomic E-state index is -0.812. The predicted octanol–water partition coefficient (Wildman–Crippen LogP) is 1.39. The highest BCUT2D eigenvalue weighted by molar-refractivity contribution is 5.82. The van der Waals surface area contributed by atoms with Crippen LogP contribution in [0.25, 0.3) is 5.69 Å². The van der Waals surface area contributed by atoms with E-state index in [1.807, 2.05) is 23.6 Å². The van der Waals surface area contributed by atoms with Crippen LogP contribution in [0.2, 0.25) is 0 Å². The minimum Gasteiger partial charge on any atom is -0.350 e. The molecule has 2 amide bonds. The van der Waals surface area contributed by atoms with E-state index in [0.29, 0.717) is 5.69 Å². The van der Waals surface area contributed by atoms with E-state index in [4.69, 9.17) is 5.73 Å². The van der Waals surface area contributed by atoms with Gasteiger partial charge in [0.05, 0.1) is 23.0 Å². The molecule has 2 aromatic rings. The second-order valence-electron chi connectivity index (χ2n) is 3.82. The van der Waals surface area contributed by atoms with Crippen LogP contribution in [0.4, 0.5) is 10.5 Å². The second-order valence-corrected chi connectivity index (χ2v) is 3.82. The Hall–Kier alpha value is -3.16. The Labute approximate surface area is 113 Å². The van der Waals surface area contributed by atoms with E-state index in [-0.39, 0.29) is 5.69 Å². The molecule has 0 fully saturated rings. The summed E-state index contributed by atoms with van der Waals surface area (Å²) in [7, 11) is 0. The fourth-order valence-electron chi connectivity index (χ4n) is 1.64. The van der Waals surface area contributed by atoms with Crippen LogP contribution in [0.3, 0.4) is 0 Å². The van der Waals surface area contributed by atoms with Crippen LogP contribution in [0.1, 0.15) is 5.69 Å². The van der Waals surface area contributed by atoms with Crippen molar-refractivity contribution in [1.29, 1.82) is 0 Å². The number of amides is 2. The Bertz CT molecular complexity index is 663. The van der Waals surface area contributed by atoms with Crippen molar-refractivity contribution in [3.05, 3.63) is 58.4 Å². The highest BCUT2D eigenvalue weighted by atomic mass is 16.6. The Kier molecular flexibility index (Phi) is 3.75. The molecule has 102 valence electrons. The Balaban J connectivity index is 2.41. The highest BCUT2D eigenvalue weighted by Gasteiger charge is 2.13. The molecule has 0 unspecified atom stereocenters. The normalized spacial score (nSPS) is 10.6. The van der Waals surface area contributed by atoms with Crippen molar-refractivity contribution in [2.24, 2.45) is 10.8 Å². The molecule has 1 heterocycles. The van der Waals surface area contributed by atoms with Gasteiger partial charge < -0.3 is 10.3 Å². The summed E-state index contributed by atoms with van der Waals surface area (Å²) in [6, 6.07) is 9.58. The zero-order valence-corrected chi connectivity index (χ0v) is 10.3. The highest BCUT2D eigenvalue weighted by Crippen LogP contribution is 2.19. The average Bonchev–Trinajstić information content (AvgIpc) is 2.84. The first kappa shape index (κ1) is 13.3. The van der Waals surface area contributed by atoms with E-state index in [2.05, 4.69) is 5.10 Å². The Morgan fingerprint density at radius 3 is 2.70 bits per heavy atom. The molecular weight excluding hydrogens is 262 g/mol. The van der Waals surface area contributed by atoms with Crippen molar-refractivity contribution in [3.8, 4) is 5.69 Å². The Morgan fingerprint density at radius 1 is 1.40 bits per heavy atom. The summed E-state index contributed by atoms with van der Waals surface area (Å²) in [5, 5.41) is 14.4. The third-order valence-electron chi connectivity index (χ3n) is 2.45. The summed E-state index contributed by atoms with van der Waals surface area (Å²) < 4.78 is 1.59. The molecular formula is C12H11N5O3. The number of hydrogen-bond donors (Lipinski definition) is 2. The van der Waals surface area contributed by atoms with Gasteiger partial charge in [-0.25, -0.2) is 10.2 Å². The number of nitrogens with one attached hydrogen (secondary N) is 1. The number of rotatable bonds is 4. The lowest BCUT2D eigenvalue weighted by molar-refractivity contribution is -0.384. The number of aromatic nitrogens is 1. The maximum atomic E-state index is 10.8. The van der Waals surface area contributed by atoms with Gasteiger partial charge in [-0.05, 0) is 12.1 Å². The molecule has 1 aromatic carbocycles. The third kappa shape index (κ3) is 2.99. The van der Waals surface area contributed by atoms with E-state index in [1.54, 1.807) is 16.7 Å². The summed E-state index contributed by atoms with van der Waals surface area (Å²) in [6.45, 7) is 0. The van der Waals surface area contributed by atoms with Crippen molar-refractivity contribution in [2.45, 2.75) is 0 Å². The van der Waals surface area contributed by atoms with Crippen molar-refractivity contribution in [2.75, 3.05) is 0 Å². The molecule has 0 aliphatic carbocycles. The van der Waals surface area contributed by atoms with Gasteiger partial charge in [-0.2, -0.15) is 5.10 Å². The number of carbonyl (C=O) groups excluding carboxylic acids is 1. The van der Waals surface area contributed by atoms with Crippen LogP contribution in [0, 0.1) is 10.1 Å². The van der Waals surface area contributed by atoms with Gasteiger partial charge in [-0.3, -0.25) is 10.1 Å². The van der Waals surface area contributed by atoms with E-state index in [0.717, 1.165) is 5.69 Å². The van der Waals surface area contributed by atoms with Gasteiger partial charge in [0.15, 0.2) is 0 Å². The topological polar surface area (TPSA) is 116 Å². The van der Waals surface area contributed by atoms with Crippen LogP contribution in [-0.4, -0.2) is 21.7 Å². The van der Waals surface area contributed by atoms with Crippen molar-refractivity contribution < 1.29 is 9.72 Å². The number of nitro groups is 1. The maximum absolute atomic E-state index is 10.8. The lowest BCUT2D eigenvalue weighted by Crippen LogP contribution is -2.24. The molecule has 2 rings (SSSR count). The number of urea groups is 1. The second kappa shape index (κ2) is 5.65. The van der Waals surface area contributed by atoms with E-state index >= 15 is 0 Å². The summed E-state index contributed by atoms with van der Waals surface area (Å²) in [5.74, 6) is 0. The molecule has 0 spiro atoms. The molecule has 8 heteroatoms.